The first-order valence-electron chi connectivity index (χ1n) is 4.65. The molecule has 82 valence electrons. The average molecular weight is 201 g/mol. The third-order valence-electron chi connectivity index (χ3n) is 1.34. The monoisotopic (exact) mass is 201 g/mol. The summed E-state index contributed by atoms with van der Waals surface area (Å²) in [6.45, 7) is 6.45. The van der Waals surface area contributed by atoms with E-state index in [1.165, 1.54) is 0 Å². The number of hydrazone groups is 1. The summed E-state index contributed by atoms with van der Waals surface area (Å²) in [5, 5.41) is 6.20. The zero-order valence-electron chi connectivity index (χ0n) is 8.92. The van der Waals surface area contributed by atoms with Crippen LogP contribution in [-0.2, 0) is 4.79 Å². The molecule has 6 nitrogen and oxygen atoms in total. The van der Waals surface area contributed by atoms with Crippen molar-refractivity contribution in [3.05, 3.63) is 0 Å². The van der Waals surface area contributed by atoms with Crippen molar-refractivity contribution >= 4 is 11.7 Å². The van der Waals surface area contributed by atoms with E-state index in [9.17, 15) is 4.79 Å². The van der Waals surface area contributed by atoms with E-state index in [1.807, 2.05) is 20.8 Å². The number of nitrogens with zero attached hydrogens (tertiary/aromatic N) is 1. The van der Waals surface area contributed by atoms with Gasteiger partial charge in [0.15, 0.2) is 0 Å². The van der Waals surface area contributed by atoms with Crippen LogP contribution in [0.1, 0.15) is 27.2 Å². The molecule has 0 radical (unpaired) electrons. The second-order valence-electron chi connectivity index (χ2n) is 3.13. The van der Waals surface area contributed by atoms with Gasteiger partial charge < -0.3 is 16.6 Å². The highest BCUT2D eigenvalue weighted by Gasteiger charge is 2.07. The van der Waals surface area contributed by atoms with Gasteiger partial charge in [-0.3, -0.25) is 4.79 Å². The molecule has 0 bridgehead atoms. The van der Waals surface area contributed by atoms with Crippen LogP contribution in [0.25, 0.3) is 0 Å². The lowest BCUT2D eigenvalue weighted by Crippen LogP contribution is -2.41. The molecule has 1 amide bonds. The maximum absolute atomic E-state index is 11.3. The molecule has 5 N–H and O–H groups in total. The Hall–Kier alpha value is -1.30. The van der Waals surface area contributed by atoms with Crippen LogP contribution in [-0.4, -0.2) is 24.3 Å². The molecule has 0 heterocycles. The lowest BCUT2D eigenvalue weighted by molar-refractivity contribution is -0.120. The van der Waals surface area contributed by atoms with Crippen molar-refractivity contribution in [1.82, 2.24) is 16.2 Å². The standard InChI is InChI=1S/C8H19N5O/c1-4-10-13-7(12-9)5-8(14)11-6(2)3/h6,10H,4-5,9H2,1-3H3,(H,11,14)(H,12,13). The number of hydrogen-bond acceptors (Lipinski definition) is 4. The zero-order valence-corrected chi connectivity index (χ0v) is 8.92. The Bertz CT molecular complexity index is 202. The molecule has 0 saturated heterocycles. The van der Waals surface area contributed by atoms with Gasteiger partial charge in [-0.2, -0.15) is 5.10 Å². The molecule has 0 atom stereocenters. The van der Waals surface area contributed by atoms with Crippen molar-refractivity contribution < 1.29 is 4.79 Å². The van der Waals surface area contributed by atoms with Gasteiger partial charge in [0.25, 0.3) is 0 Å². The first-order chi connectivity index (χ1) is 6.60. The Morgan fingerprint density at radius 2 is 2.14 bits per heavy atom. The molecule has 0 aromatic rings. The molecule has 0 fully saturated rings. The van der Waals surface area contributed by atoms with E-state index in [1.54, 1.807) is 0 Å². The first-order valence-corrected chi connectivity index (χ1v) is 4.65. The highest BCUT2D eigenvalue weighted by Crippen LogP contribution is 1.84. The highest BCUT2D eigenvalue weighted by atomic mass is 16.1. The van der Waals surface area contributed by atoms with Gasteiger partial charge in [0.1, 0.15) is 5.84 Å². The van der Waals surface area contributed by atoms with Crippen LogP contribution >= 0.6 is 0 Å². The SMILES string of the molecule is CCNNC(CC(=O)NC(C)C)=NN. The Balaban J connectivity index is 3.87. The fraction of sp³-hybridized carbons (Fsp3) is 0.750. The second-order valence-corrected chi connectivity index (χ2v) is 3.13. The largest absolute Gasteiger partial charge is 0.354 e. The van der Waals surface area contributed by atoms with Gasteiger partial charge in [-0.05, 0) is 13.8 Å². The number of amidine groups is 1. The number of hydrogen-bond donors (Lipinski definition) is 4. The minimum atomic E-state index is -0.102. The molecule has 0 aliphatic rings. The lowest BCUT2D eigenvalue weighted by atomic mass is 10.3. The molecule has 0 aromatic carbocycles. The Morgan fingerprint density at radius 1 is 1.50 bits per heavy atom. The molecule has 0 aliphatic heterocycles. The van der Waals surface area contributed by atoms with E-state index in [-0.39, 0.29) is 18.4 Å². The number of nitrogens with one attached hydrogen (secondary N) is 3. The average Bonchev–Trinajstić information content (AvgIpc) is 2.10. The van der Waals surface area contributed by atoms with Crippen LogP contribution in [0.15, 0.2) is 5.10 Å². The van der Waals surface area contributed by atoms with Crippen molar-refractivity contribution in [2.24, 2.45) is 10.9 Å². The van der Waals surface area contributed by atoms with Crippen molar-refractivity contribution in [2.75, 3.05) is 6.54 Å². The van der Waals surface area contributed by atoms with Crippen molar-refractivity contribution in [2.45, 2.75) is 33.2 Å². The Labute approximate surface area is 84.3 Å². The van der Waals surface area contributed by atoms with Crippen LogP contribution in [0.2, 0.25) is 0 Å². The molecule has 0 aromatic heterocycles. The summed E-state index contributed by atoms with van der Waals surface area (Å²) < 4.78 is 0. The maximum atomic E-state index is 11.3. The molecule has 0 spiro atoms. The van der Waals surface area contributed by atoms with Crippen LogP contribution in [0.3, 0.4) is 0 Å². The van der Waals surface area contributed by atoms with Crippen LogP contribution in [0.4, 0.5) is 0 Å². The highest BCUT2D eigenvalue weighted by molar-refractivity contribution is 5.99. The maximum Gasteiger partial charge on any atom is 0.227 e. The summed E-state index contributed by atoms with van der Waals surface area (Å²) in [4.78, 5) is 11.3. The fourth-order valence-electron chi connectivity index (χ4n) is 0.838. The topological polar surface area (TPSA) is 91.5 Å². The van der Waals surface area contributed by atoms with E-state index in [0.29, 0.717) is 5.84 Å². The summed E-state index contributed by atoms with van der Waals surface area (Å²) in [5.74, 6) is 5.42. The molecule has 6 heteroatoms. The quantitative estimate of drug-likeness (QED) is 0.205. The van der Waals surface area contributed by atoms with Gasteiger partial charge in [0.05, 0.1) is 6.42 Å². The number of nitrogens with two attached hydrogens (primary N) is 1. The van der Waals surface area contributed by atoms with Crippen LogP contribution in [0, 0.1) is 0 Å². The third kappa shape index (κ3) is 6.24. The molecule has 0 aliphatic carbocycles. The van der Waals surface area contributed by atoms with Gasteiger partial charge in [0, 0.05) is 12.6 Å². The van der Waals surface area contributed by atoms with Crippen molar-refractivity contribution in [3.8, 4) is 0 Å². The minimum Gasteiger partial charge on any atom is -0.354 e. The van der Waals surface area contributed by atoms with Gasteiger partial charge in [-0.15, -0.1) is 0 Å². The number of carbonyl (C=O) groups is 1. The van der Waals surface area contributed by atoms with E-state index < -0.39 is 0 Å². The lowest BCUT2D eigenvalue weighted by Gasteiger charge is -2.10. The van der Waals surface area contributed by atoms with Crippen molar-refractivity contribution in [1.29, 1.82) is 0 Å². The van der Waals surface area contributed by atoms with Gasteiger partial charge in [-0.25, -0.2) is 5.43 Å². The third-order valence-corrected chi connectivity index (χ3v) is 1.34. The van der Waals surface area contributed by atoms with E-state index >= 15 is 0 Å². The Morgan fingerprint density at radius 3 is 2.57 bits per heavy atom. The first kappa shape index (κ1) is 12.7. The summed E-state index contributed by atoms with van der Waals surface area (Å²) in [5.41, 5.74) is 5.55. The summed E-state index contributed by atoms with van der Waals surface area (Å²) in [6.07, 6.45) is 0.154. The van der Waals surface area contributed by atoms with Gasteiger partial charge in [-0.1, -0.05) is 6.92 Å². The number of hydrazine groups is 1. The summed E-state index contributed by atoms with van der Waals surface area (Å²) in [6, 6.07) is 0.126. The van der Waals surface area contributed by atoms with Crippen LogP contribution < -0.4 is 22.0 Å². The summed E-state index contributed by atoms with van der Waals surface area (Å²) in [7, 11) is 0. The molecule has 0 unspecified atom stereocenters. The fourth-order valence-corrected chi connectivity index (χ4v) is 0.838. The van der Waals surface area contributed by atoms with Crippen LogP contribution in [0.5, 0.6) is 0 Å². The molecule has 0 rings (SSSR count). The predicted octanol–water partition coefficient (Wildman–Crippen LogP) is -0.713. The minimum absolute atomic E-state index is 0.102. The number of rotatable bonds is 5. The van der Waals surface area contributed by atoms with Gasteiger partial charge in [0.2, 0.25) is 5.91 Å². The Kier molecular flexibility index (Phi) is 6.47. The van der Waals surface area contributed by atoms with Gasteiger partial charge >= 0.3 is 0 Å². The molecular formula is C8H19N5O. The summed E-state index contributed by atoms with van der Waals surface area (Å²) >= 11 is 0. The smallest absolute Gasteiger partial charge is 0.227 e. The van der Waals surface area contributed by atoms with E-state index in [4.69, 9.17) is 5.84 Å². The molecular weight excluding hydrogens is 182 g/mol. The zero-order chi connectivity index (χ0) is 11.0. The number of carbonyl (C=O) groups excluding carboxylic acids is 1. The second kappa shape index (κ2) is 7.14. The normalized spacial score (nSPS) is 11.6. The molecule has 0 saturated carbocycles. The molecule has 14 heavy (non-hydrogen) atoms. The van der Waals surface area contributed by atoms with E-state index in [0.717, 1.165) is 6.54 Å². The predicted molar refractivity (Wildman–Crippen MR) is 56.3 cm³/mol. The van der Waals surface area contributed by atoms with Crippen molar-refractivity contribution in [3.63, 3.8) is 0 Å². The number of amides is 1. The van der Waals surface area contributed by atoms with E-state index in [2.05, 4.69) is 21.3 Å².